The molecule has 0 unspecified atom stereocenters. The van der Waals surface area contributed by atoms with Crippen LogP contribution in [0, 0.1) is 5.82 Å². The average Bonchev–Trinajstić information content (AvgIpc) is 2.48. The number of benzene rings is 1. The summed E-state index contributed by atoms with van der Waals surface area (Å²) in [5.41, 5.74) is -0.199. The number of rotatable bonds is 2. The third-order valence-electron chi connectivity index (χ3n) is 3.02. The summed E-state index contributed by atoms with van der Waals surface area (Å²) < 4.78 is 37.8. The highest BCUT2D eigenvalue weighted by Gasteiger charge is 2.22. The van der Waals surface area contributed by atoms with E-state index in [9.17, 15) is 17.6 Å². The predicted molar refractivity (Wildman–Crippen MR) is 74.2 cm³/mol. The van der Waals surface area contributed by atoms with E-state index < -0.39 is 26.0 Å². The van der Waals surface area contributed by atoms with E-state index in [2.05, 4.69) is 9.97 Å². The normalized spacial score (nSPS) is 11.7. The average molecular weight is 304 g/mol. The number of aromatic nitrogens is 2. The lowest BCUT2D eigenvalue weighted by Gasteiger charge is -2.05. The molecule has 0 saturated heterocycles. The summed E-state index contributed by atoms with van der Waals surface area (Å²) in [6.07, 6.45) is 2.54. The molecule has 1 N–H and O–H groups in total. The third kappa shape index (κ3) is 2.21. The Hall–Kier alpha value is -2.54. The molecule has 0 fully saturated rings. The van der Waals surface area contributed by atoms with E-state index in [1.807, 2.05) is 0 Å². The molecule has 7 heteroatoms. The quantitative estimate of drug-likeness (QED) is 0.733. The molecule has 3 aromatic rings. The molecule has 2 heterocycles. The summed E-state index contributed by atoms with van der Waals surface area (Å²) in [6.45, 7) is 0. The van der Waals surface area contributed by atoms with Crippen LogP contribution in [0.2, 0.25) is 0 Å². The van der Waals surface area contributed by atoms with Gasteiger partial charge in [-0.25, -0.2) is 12.8 Å². The minimum Gasteiger partial charge on any atom is -0.358 e. The molecule has 0 aliphatic rings. The van der Waals surface area contributed by atoms with Crippen LogP contribution >= 0.6 is 0 Å². The van der Waals surface area contributed by atoms with E-state index in [-0.39, 0.29) is 10.4 Å². The molecule has 0 amide bonds. The van der Waals surface area contributed by atoms with Crippen molar-refractivity contribution in [2.75, 3.05) is 0 Å². The summed E-state index contributed by atoms with van der Waals surface area (Å²) in [6, 6.07) is 7.55. The van der Waals surface area contributed by atoms with E-state index >= 15 is 0 Å². The lowest BCUT2D eigenvalue weighted by Crippen LogP contribution is -2.17. The summed E-state index contributed by atoms with van der Waals surface area (Å²) in [5, 5.41) is 0. The second kappa shape index (κ2) is 4.78. The number of nitrogens with zero attached hydrogens (tertiary/aromatic N) is 1. The molecule has 0 atom stereocenters. The maximum absolute atomic E-state index is 12.9. The number of fused-ring (bicyclic) bond motifs is 1. The molecule has 1 aromatic carbocycles. The van der Waals surface area contributed by atoms with Gasteiger partial charge < -0.3 is 4.98 Å². The SMILES string of the molecule is O=c1c(S(=O)(=O)c2ccc(F)cc2)c[nH]c2cccnc12. The molecule has 0 aliphatic carbocycles. The zero-order valence-electron chi connectivity index (χ0n) is 10.6. The largest absolute Gasteiger partial charge is 0.358 e. The lowest BCUT2D eigenvalue weighted by molar-refractivity contribution is 0.594. The van der Waals surface area contributed by atoms with Gasteiger partial charge in [0.25, 0.3) is 0 Å². The van der Waals surface area contributed by atoms with Crippen LogP contribution in [0.1, 0.15) is 0 Å². The fraction of sp³-hybridized carbons (Fsp3) is 0. The Bertz CT molecular complexity index is 979. The molecule has 0 radical (unpaired) electrons. The summed E-state index contributed by atoms with van der Waals surface area (Å²) in [5.74, 6) is -0.553. The first-order valence-corrected chi connectivity index (χ1v) is 7.45. The van der Waals surface area contributed by atoms with Gasteiger partial charge in [-0.2, -0.15) is 0 Å². The van der Waals surface area contributed by atoms with Crippen LogP contribution in [0.15, 0.2) is 63.4 Å². The van der Waals surface area contributed by atoms with E-state index in [0.717, 1.165) is 30.5 Å². The molecule has 0 bridgehead atoms. The van der Waals surface area contributed by atoms with Crippen molar-refractivity contribution < 1.29 is 12.8 Å². The van der Waals surface area contributed by atoms with Crippen molar-refractivity contribution in [2.45, 2.75) is 9.79 Å². The van der Waals surface area contributed by atoms with Gasteiger partial charge in [0.05, 0.1) is 10.4 Å². The van der Waals surface area contributed by atoms with Gasteiger partial charge in [0.2, 0.25) is 15.3 Å². The first kappa shape index (κ1) is 13.4. The van der Waals surface area contributed by atoms with Crippen LogP contribution in [-0.4, -0.2) is 18.4 Å². The predicted octanol–water partition coefficient (Wildman–Crippen LogP) is 1.90. The fourth-order valence-electron chi connectivity index (χ4n) is 1.97. The van der Waals surface area contributed by atoms with Crippen molar-refractivity contribution in [2.24, 2.45) is 0 Å². The van der Waals surface area contributed by atoms with Crippen LogP contribution in [0.3, 0.4) is 0 Å². The molecule has 3 rings (SSSR count). The molecule has 0 aliphatic heterocycles. The van der Waals surface area contributed by atoms with Crippen molar-refractivity contribution in [1.82, 2.24) is 9.97 Å². The van der Waals surface area contributed by atoms with Crippen molar-refractivity contribution in [3.05, 3.63) is 64.8 Å². The molecular formula is C14H9FN2O3S. The number of aromatic amines is 1. The van der Waals surface area contributed by atoms with Gasteiger partial charge in [-0.3, -0.25) is 9.78 Å². The number of sulfone groups is 1. The van der Waals surface area contributed by atoms with E-state index in [0.29, 0.717) is 5.52 Å². The van der Waals surface area contributed by atoms with Gasteiger partial charge in [-0.1, -0.05) is 0 Å². The summed E-state index contributed by atoms with van der Waals surface area (Å²) >= 11 is 0. The first-order chi connectivity index (χ1) is 10.00. The smallest absolute Gasteiger partial charge is 0.226 e. The third-order valence-corrected chi connectivity index (χ3v) is 4.79. The Kier molecular flexibility index (Phi) is 3.06. The topological polar surface area (TPSA) is 79.9 Å². The number of nitrogens with one attached hydrogen (secondary N) is 1. The van der Waals surface area contributed by atoms with Gasteiger partial charge in [0.15, 0.2) is 0 Å². The number of hydrogen-bond acceptors (Lipinski definition) is 4. The number of hydrogen-bond donors (Lipinski definition) is 1. The van der Waals surface area contributed by atoms with Gasteiger partial charge in [-0.05, 0) is 36.4 Å². The minimum absolute atomic E-state index is 0.0423. The highest BCUT2D eigenvalue weighted by molar-refractivity contribution is 7.91. The maximum atomic E-state index is 12.9. The summed E-state index contributed by atoms with van der Waals surface area (Å²) in [7, 11) is -4.03. The van der Waals surface area contributed by atoms with Gasteiger partial charge in [-0.15, -0.1) is 0 Å². The van der Waals surface area contributed by atoms with E-state index in [4.69, 9.17) is 0 Å². The van der Waals surface area contributed by atoms with Crippen LogP contribution in [0.25, 0.3) is 11.0 Å². The van der Waals surface area contributed by atoms with Gasteiger partial charge in [0, 0.05) is 12.4 Å². The van der Waals surface area contributed by atoms with Crippen molar-refractivity contribution in [1.29, 1.82) is 0 Å². The molecule has 2 aromatic heterocycles. The highest BCUT2D eigenvalue weighted by atomic mass is 32.2. The fourth-order valence-corrected chi connectivity index (χ4v) is 3.27. The van der Waals surface area contributed by atoms with Gasteiger partial charge >= 0.3 is 0 Å². The zero-order valence-corrected chi connectivity index (χ0v) is 11.4. The molecular weight excluding hydrogens is 295 g/mol. The highest BCUT2D eigenvalue weighted by Crippen LogP contribution is 2.19. The Morgan fingerprint density at radius 3 is 2.52 bits per heavy atom. The van der Waals surface area contributed by atoms with E-state index in [1.165, 1.54) is 6.20 Å². The van der Waals surface area contributed by atoms with Crippen LogP contribution in [0.5, 0.6) is 0 Å². The Morgan fingerprint density at radius 2 is 1.81 bits per heavy atom. The van der Waals surface area contributed by atoms with Crippen molar-refractivity contribution in [3.63, 3.8) is 0 Å². The maximum Gasteiger partial charge on any atom is 0.226 e. The monoisotopic (exact) mass is 304 g/mol. The van der Waals surface area contributed by atoms with Crippen molar-refractivity contribution in [3.8, 4) is 0 Å². The van der Waals surface area contributed by atoms with Gasteiger partial charge in [0.1, 0.15) is 16.2 Å². The number of halogens is 1. The Labute approximate surface area is 119 Å². The number of H-pyrrole nitrogens is 1. The number of pyridine rings is 2. The molecule has 21 heavy (non-hydrogen) atoms. The standard InChI is InChI=1S/C14H9FN2O3S/c15-9-3-5-10(6-4-9)21(19,20)12-8-17-11-2-1-7-16-13(11)14(12)18/h1-8H,(H,17,18). The van der Waals surface area contributed by atoms with Crippen LogP contribution < -0.4 is 5.43 Å². The lowest BCUT2D eigenvalue weighted by atomic mass is 10.3. The van der Waals surface area contributed by atoms with Crippen LogP contribution in [-0.2, 0) is 9.84 Å². The first-order valence-electron chi connectivity index (χ1n) is 5.97. The molecule has 0 spiro atoms. The second-order valence-electron chi connectivity index (χ2n) is 4.34. The molecule has 0 saturated carbocycles. The second-order valence-corrected chi connectivity index (χ2v) is 6.26. The summed E-state index contributed by atoms with van der Waals surface area (Å²) in [4.78, 5) is 18.3. The van der Waals surface area contributed by atoms with Crippen LogP contribution in [0.4, 0.5) is 4.39 Å². The van der Waals surface area contributed by atoms with E-state index in [1.54, 1.807) is 12.1 Å². The molecule has 106 valence electrons. The zero-order chi connectivity index (χ0) is 15.0. The Morgan fingerprint density at radius 1 is 1.10 bits per heavy atom. The Balaban J connectivity index is 2.27. The molecule has 5 nitrogen and oxygen atoms in total. The van der Waals surface area contributed by atoms with Crippen molar-refractivity contribution >= 4 is 20.9 Å². The minimum atomic E-state index is -4.03.